The van der Waals surface area contributed by atoms with Crippen molar-refractivity contribution in [2.45, 2.75) is 77.0 Å². The molecule has 4 rings (SSSR count). The number of nitrogens with one attached hydrogen (secondary N) is 2. The summed E-state index contributed by atoms with van der Waals surface area (Å²) in [6.07, 6.45) is 1.39. The lowest BCUT2D eigenvalue weighted by Crippen LogP contribution is -2.48. The van der Waals surface area contributed by atoms with E-state index in [4.69, 9.17) is 14.0 Å². The van der Waals surface area contributed by atoms with Crippen molar-refractivity contribution in [1.29, 1.82) is 0 Å². The van der Waals surface area contributed by atoms with E-state index in [1.54, 1.807) is 20.0 Å². The number of halogens is 1. The predicted octanol–water partition coefficient (Wildman–Crippen LogP) is 5.19. The zero-order chi connectivity index (χ0) is 35.9. The third-order valence-electron chi connectivity index (χ3n) is 8.44. The molecule has 49 heavy (non-hydrogen) atoms. The SMILES string of the molecule is Cc1noc(C)c1S(=O)(=O)Nc1ccc2c(c1)C(=O)N([C@@H](C)CO)C[C@H](C)[C@H](CN(C)C(=O)Nc1ccc(F)cc1)OCCCC[C@H](C)O2. The Morgan fingerprint density at radius 1 is 1.14 bits per heavy atom. The number of aliphatic hydroxyl groups excluding tert-OH is 1. The molecule has 1 aromatic heterocycles. The summed E-state index contributed by atoms with van der Waals surface area (Å²) in [5.41, 5.74) is 0.881. The van der Waals surface area contributed by atoms with Gasteiger partial charge >= 0.3 is 6.03 Å². The summed E-state index contributed by atoms with van der Waals surface area (Å²) >= 11 is 0. The number of hydrogen-bond acceptors (Lipinski definition) is 9. The van der Waals surface area contributed by atoms with Crippen molar-refractivity contribution in [3.63, 3.8) is 0 Å². The summed E-state index contributed by atoms with van der Waals surface area (Å²) in [6, 6.07) is 8.92. The lowest BCUT2D eigenvalue weighted by molar-refractivity contribution is -0.0115. The van der Waals surface area contributed by atoms with E-state index in [2.05, 4.69) is 15.2 Å². The summed E-state index contributed by atoms with van der Waals surface area (Å²) in [5.74, 6) is -0.798. The molecule has 0 bridgehead atoms. The van der Waals surface area contributed by atoms with Gasteiger partial charge in [-0.3, -0.25) is 9.52 Å². The van der Waals surface area contributed by atoms with Gasteiger partial charge in [-0.1, -0.05) is 12.1 Å². The van der Waals surface area contributed by atoms with E-state index in [0.29, 0.717) is 18.7 Å². The van der Waals surface area contributed by atoms with Crippen molar-refractivity contribution in [1.82, 2.24) is 15.0 Å². The van der Waals surface area contributed by atoms with Gasteiger partial charge in [0.1, 0.15) is 17.3 Å². The fraction of sp³-hybridized carbons (Fsp3) is 0.500. The van der Waals surface area contributed by atoms with Gasteiger partial charge in [0.25, 0.3) is 15.9 Å². The predicted molar refractivity (Wildman–Crippen MR) is 182 cm³/mol. The molecule has 0 aliphatic carbocycles. The zero-order valence-electron chi connectivity index (χ0n) is 28.7. The van der Waals surface area contributed by atoms with Crippen LogP contribution in [0.4, 0.5) is 20.6 Å². The standard InChI is InChI=1S/C34H46FN5O8S/c1-21-18-40(22(2)20-41)33(42)29-17-28(38-49(44,45)32-24(4)37-48-25(32)5)14-15-30(29)47-23(3)9-7-8-16-46-31(21)19-39(6)34(43)36-27-12-10-26(35)11-13-27/h10-15,17,21-23,31,38,41H,7-9,16,18-20H2,1-6H3,(H,36,43)/t21-,22-,23-,31-/m0/s1. The average Bonchev–Trinajstić information content (AvgIpc) is 3.41. The quantitative estimate of drug-likeness (QED) is 0.287. The van der Waals surface area contributed by atoms with Crippen molar-refractivity contribution in [3.05, 3.63) is 65.3 Å². The second-order valence-corrected chi connectivity index (χ2v) is 14.2. The van der Waals surface area contributed by atoms with E-state index >= 15 is 0 Å². The monoisotopic (exact) mass is 703 g/mol. The number of likely N-dealkylation sites (N-methyl/N-ethyl adjacent to an activating group) is 1. The van der Waals surface area contributed by atoms with Crippen LogP contribution >= 0.6 is 0 Å². The fourth-order valence-electron chi connectivity index (χ4n) is 5.62. The summed E-state index contributed by atoms with van der Waals surface area (Å²) in [5, 5.41) is 16.7. The normalized spacial score (nSPS) is 20.0. The van der Waals surface area contributed by atoms with Crippen molar-refractivity contribution < 1.29 is 41.5 Å². The summed E-state index contributed by atoms with van der Waals surface area (Å²) < 4.78 is 60.1. The maximum Gasteiger partial charge on any atom is 0.321 e. The molecule has 13 nitrogen and oxygen atoms in total. The molecule has 0 unspecified atom stereocenters. The molecule has 0 saturated carbocycles. The number of urea groups is 1. The number of fused-ring (bicyclic) bond motifs is 1. The van der Waals surface area contributed by atoms with Crippen LogP contribution in [0.3, 0.4) is 0 Å². The molecule has 4 atom stereocenters. The first-order valence-electron chi connectivity index (χ1n) is 16.3. The van der Waals surface area contributed by atoms with Gasteiger partial charge in [0.15, 0.2) is 10.7 Å². The number of amides is 3. The molecule has 3 amide bonds. The number of sulfonamides is 1. The van der Waals surface area contributed by atoms with Crippen LogP contribution in [0, 0.1) is 25.6 Å². The number of nitrogens with zero attached hydrogens (tertiary/aromatic N) is 3. The Balaban J connectivity index is 1.63. The largest absolute Gasteiger partial charge is 0.490 e. The van der Waals surface area contributed by atoms with Crippen molar-refractivity contribution in [3.8, 4) is 5.75 Å². The molecule has 15 heteroatoms. The van der Waals surface area contributed by atoms with E-state index in [0.717, 1.165) is 12.8 Å². The van der Waals surface area contributed by atoms with Gasteiger partial charge in [0, 0.05) is 44.0 Å². The molecule has 0 saturated heterocycles. The van der Waals surface area contributed by atoms with Crippen molar-refractivity contribution in [2.75, 3.05) is 43.4 Å². The van der Waals surface area contributed by atoms with E-state index < -0.39 is 39.9 Å². The molecule has 0 spiro atoms. The molecule has 0 radical (unpaired) electrons. The summed E-state index contributed by atoms with van der Waals surface area (Å²) in [4.78, 5) is 30.3. The first-order valence-corrected chi connectivity index (χ1v) is 17.8. The van der Waals surface area contributed by atoms with Crippen LogP contribution < -0.4 is 14.8 Å². The number of aromatic nitrogens is 1. The number of benzene rings is 2. The Morgan fingerprint density at radius 2 is 1.84 bits per heavy atom. The minimum atomic E-state index is -4.11. The summed E-state index contributed by atoms with van der Waals surface area (Å²) in [7, 11) is -2.48. The molecule has 0 fully saturated rings. The third kappa shape index (κ3) is 9.70. The molecular weight excluding hydrogens is 657 g/mol. The van der Waals surface area contributed by atoms with Crippen LogP contribution in [0.15, 0.2) is 51.9 Å². The molecule has 3 N–H and O–H groups in total. The van der Waals surface area contributed by atoms with Crippen LogP contribution in [0.25, 0.3) is 0 Å². The number of ether oxygens (including phenoxy) is 2. The lowest BCUT2D eigenvalue weighted by atomic mass is 10.0. The maximum absolute atomic E-state index is 14.4. The van der Waals surface area contributed by atoms with Gasteiger partial charge in [-0.2, -0.15) is 0 Å². The fourth-order valence-corrected chi connectivity index (χ4v) is 7.00. The van der Waals surface area contributed by atoms with Crippen LogP contribution in [0.1, 0.15) is 61.8 Å². The Kier molecular flexibility index (Phi) is 12.6. The number of hydrogen-bond donors (Lipinski definition) is 3. The van der Waals surface area contributed by atoms with Gasteiger partial charge in [0.05, 0.1) is 30.4 Å². The van der Waals surface area contributed by atoms with Crippen LogP contribution in [-0.4, -0.2) is 92.0 Å². The van der Waals surface area contributed by atoms with Gasteiger partial charge in [-0.25, -0.2) is 17.6 Å². The number of aliphatic hydroxyl groups is 1. The highest BCUT2D eigenvalue weighted by Gasteiger charge is 2.32. The van der Waals surface area contributed by atoms with E-state index in [1.165, 1.54) is 60.0 Å². The Labute approximate surface area is 286 Å². The first kappa shape index (κ1) is 37.6. The van der Waals surface area contributed by atoms with Crippen LogP contribution in [0.5, 0.6) is 5.75 Å². The minimum absolute atomic E-state index is 0.0875. The summed E-state index contributed by atoms with van der Waals surface area (Å²) in [6.45, 7) is 8.94. The van der Waals surface area contributed by atoms with E-state index in [9.17, 15) is 27.5 Å². The molecule has 2 aromatic carbocycles. The van der Waals surface area contributed by atoms with Crippen molar-refractivity contribution in [2.24, 2.45) is 5.92 Å². The lowest BCUT2D eigenvalue weighted by Gasteiger charge is -2.35. The number of aryl methyl sites for hydroxylation is 2. The van der Waals surface area contributed by atoms with Crippen molar-refractivity contribution >= 4 is 33.3 Å². The second kappa shape index (κ2) is 16.5. The highest BCUT2D eigenvalue weighted by molar-refractivity contribution is 7.92. The Hall–Kier alpha value is -4.21. The molecule has 1 aliphatic rings. The third-order valence-corrected chi connectivity index (χ3v) is 10.1. The van der Waals surface area contributed by atoms with E-state index in [-0.39, 0.29) is 65.1 Å². The van der Waals surface area contributed by atoms with Gasteiger partial charge < -0.3 is 34.2 Å². The van der Waals surface area contributed by atoms with Gasteiger partial charge in [-0.05, 0) is 89.4 Å². The molecule has 2 heterocycles. The highest BCUT2D eigenvalue weighted by atomic mass is 32.2. The minimum Gasteiger partial charge on any atom is -0.490 e. The molecular formula is C34H46FN5O8S. The van der Waals surface area contributed by atoms with Gasteiger partial charge in [-0.15, -0.1) is 0 Å². The molecule has 268 valence electrons. The first-order chi connectivity index (χ1) is 23.2. The van der Waals surface area contributed by atoms with E-state index in [1.807, 2.05) is 13.8 Å². The molecule has 3 aromatic rings. The Bertz CT molecular complexity index is 1680. The topological polar surface area (TPSA) is 164 Å². The Morgan fingerprint density at radius 3 is 2.49 bits per heavy atom. The number of carbonyl (C=O) groups excluding carboxylic acids is 2. The number of rotatable bonds is 8. The van der Waals surface area contributed by atoms with Crippen LogP contribution in [0.2, 0.25) is 0 Å². The number of carbonyl (C=O) groups is 2. The van der Waals surface area contributed by atoms with Gasteiger partial charge in [0.2, 0.25) is 0 Å². The zero-order valence-corrected chi connectivity index (χ0v) is 29.5. The molecule has 1 aliphatic heterocycles. The van der Waals surface area contributed by atoms with Crippen LogP contribution in [-0.2, 0) is 14.8 Å². The second-order valence-electron chi connectivity index (χ2n) is 12.6. The maximum atomic E-state index is 14.4. The number of anilines is 2. The smallest absolute Gasteiger partial charge is 0.321 e. The highest BCUT2D eigenvalue weighted by Crippen LogP contribution is 2.30. The average molecular weight is 704 g/mol.